The highest BCUT2D eigenvalue weighted by Gasteiger charge is 2.32. The second-order valence-corrected chi connectivity index (χ2v) is 6.42. The van der Waals surface area contributed by atoms with Crippen LogP contribution in [0.25, 0.3) is 0 Å². The van der Waals surface area contributed by atoms with Crippen LogP contribution in [0.15, 0.2) is 48.5 Å². The molecule has 0 saturated carbocycles. The van der Waals surface area contributed by atoms with E-state index in [1.54, 1.807) is 4.90 Å². The fraction of sp³-hybridized carbons (Fsp3) is 0.263. The largest absolute Gasteiger partial charge is 0.416 e. The number of hydrogen-bond donors (Lipinski definition) is 2. The number of alkyl halides is 3. The van der Waals surface area contributed by atoms with Gasteiger partial charge in [-0.2, -0.15) is 13.2 Å². The molecule has 0 bridgehead atoms. The first-order valence-electron chi connectivity index (χ1n) is 8.34. The minimum Gasteiger partial charge on any atom is -0.333 e. The molecule has 1 heterocycles. The molecule has 2 aromatic carbocycles. The Morgan fingerprint density at radius 2 is 1.85 bits per heavy atom. The van der Waals surface area contributed by atoms with Gasteiger partial charge in [0.25, 0.3) is 0 Å². The Kier molecular flexibility index (Phi) is 5.07. The van der Waals surface area contributed by atoms with Crippen molar-refractivity contribution in [2.24, 2.45) is 0 Å². The second kappa shape index (κ2) is 7.30. The van der Waals surface area contributed by atoms with Gasteiger partial charge >= 0.3 is 12.2 Å². The fourth-order valence-electron chi connectivity index (χ4n) is 2.90. The normalized spacial score (nSPS) is 17.1. The maximum absolute atomic E-state index is 12.7. The Hall–Kier alpha value is -3.03. The van der Waals surface area contributed by atoms with E-state index in [1.807, 2.05) is 31.2 Å². The summed E-state index contributed by atoms with van der Waals surface area (Å²) in [6, 6.07) is 10.7. The summed E-state index contributed by atoms with van der Waals surface area (Å²) in [7, 11) is 0. The third-order valence-electron chi connectivity index (χ3n) is 4.25. The van der Waals surface area contributed by atoms with Gasteiger partial charge in [-0.3, -0.25) is 4.79 Å². The van der Waals surface area contributed by atoms with E-state index in [-0.39, 0.29) is 18.0 Å². The van der Waals surface area contributed by atoms with E-state index in [2.05, 4.69) is 10.6 Å². The second-order valence-electron chi connectivity index (χ2n) is 6.42. The number of aryl methyl sites for hydroxylation is 1. The molecule has 5 nitrogen and oxygen atoms in total. The SMILES string of the molecule is Cc1ccc(N2CC(NC(=O)Nc3cccc(C(F)(F)F)c3)CC2=O)cc1. The van der Waals surface area contributed by atoms with Crippen LogP contribution in [0.1, 0.15) is 17.5 Å². The van der Waals surface area contributed by atoms with Gasteiger partial charge in [0.15, 0.2) is 0 Å². The van der Waals surface area contributed by atoms with Gasteiger partial charge in [-0.05, 0) is 37.3 Å². The highest BCUT2D eigenvalue weighted by molar-refractivity contribution is 5.97. The number of nitrogens with zero attached hydrogens (tertiary/aromatic N) is 1. The van der Waals surface area contributed by atoms with Crippen molar-refractivity contribution in [2.75, 3.05) is 16.8 Å². The maximum Gasteiger partial charge on any atom is 0.416 e. The molecule has 1 unspecified atom stereocenters. The Bertz CT molecular complexity index is 850. The minimum absolute atomic E-state index is 0.0297. The van der Waals surface area contributed by atoms with Gasteiger partial charge in [-0.25, -0.2) is 4.79 Å². The summed E-state index contributed by atoms with van der Waals surface area (Å²) in [6.07, 6.45) is -4.36. The van der Waals surface area contributed by atoms with E-state index in [1.165, 1.54) is 12.1 Å². The molecule has 3 amide bonds. The molecule has 2 N–H and O–H groups in total. The van der Waals surface area contributed by atoms with Crippen LogP contribution in [0.3, 0.4) is 0 Å². The summed E-state index contributed by atoms with van der Waals surface area (Å²) >= 11 is 0. The van der Waals surface area contributed by atoms with Crippen molar-refractivity contribution < 1.29 is 22.8 Å². The number of urea groups is 1. The summed E-state index contributed by atoms with van der Waals surface area (Å²) in [5.74, 6) is -0.122. The fourth-order valence-corrected chi connectivity index (χ4v) is 2.90. The monoisotopic (exact) mass is 377 g/mol. The Morgan fingerprint density at radius 3 is 2.52 bits per heavy atom. The maximum atomic E-state index is 12.7. The van der Waals surface area contributed by atoms with Crippen LogP contribution in [0, 0.1) is 6.92 Å². The van der Waals surface area contributed by atoms with Crippen molar-refractivity contribution in [1.29, 1.82) is 0 Å². The van der Waals surface area contributed by atoms with Crippen molar-refractivity contribution in [3.05, 3.63) is 59.7 Å². The molecule has 2 aromatic rings. The van der Waals surface area contributed by atoms with E-state index in [0.717, 1.165) is 23.4 Å². The quantitative estimate of drug-likeness (QED) is 0.851. The first-order valence-corrected chi connectivity index (χ1v) is 8.34. The van der Waals surface area contributed by atoms with Crippen LogP contribution in [0.5, 0.6) is 0 Å². The first kappa shape index (κ1) is 18.8. The van der Waals surface area contributed by atoms with Crippen molar-refractivity contribution in [1.82, 2.24) is 5.32 Å². The molecule has 1 aliphatic rings. The van der Waals surface area contributed by atoms with E-state index in [4.69, 9.17) is 0 Å². The molecule has 1 aliphatic heterocycles. The summed E-state index contributed by atoms with van der Waals surface area (Å²) in [5, 5.41) is 5.01. The van der Waals surface area contributed by atoms with Crippen LogP contribution >= 0.6 is 0 Å². The first-order chi connectivity index (χ1) is 12.7. The summed E-state index contributed by atoms with van der Waals surface area (Å²) in [5.41, 5.74) is 0.998. The molecule has 0 aromatic heterocycles. The van der Waals surface area contributed by atoms with Crippen LogP contribution in [-0.2, 0) is 11.0 Å². The number of carbonyl (C=O) groups excluding carboxylic acids is 2. The molecule has 8 heteroatoms. The predicted octanol–water partition coefficient (Wildman–Crippen LogP) is 3.94. The molecule has 1 saturated heterocycles. The van der Waals surface area contributed by atoms with Gasteiger partial charge in [0, 0.05) is 24.3 Å². The zero-order valence-corrected chi connectivity index (χ0v) is 14.5. The predicted molar refractivity (Wildman–Crippen MR) is 95.5 cm³/mol. The van der Waals surface area contributed by atoms with Crippen LogP contribution in [-0.4, -0.2) is 24.5 Å². The van der Waals surface area contributed by atoms with Crippen LogP contribution in [0.2, 0.25) is 0 Å². The lowest BCUT2D eigenvalue weighted by Gasteiger charge is -2.18. The molecule has 0 aliphatic carbocycles. The van der Waals surface area contributed by atoms with Crippen molar-refractivity contribution in [2.45, 2.75) is 25.6 Å². The van der Waals surface area contributed by atoms with Gasteiger partial charge in [0.05, 0.1) is 11.6 Å². The number of hydrogen-bond acceptors (Lipinski definition) is 2. The van der Waals surface area contributed by atoms with Crippen molar-refractivity contribution >= 4 is 23.3 Å². The topological polar surface area (TPSA) is 61.4 Å². The number of rotatable bonds is 3. The Morgan fingerprint density at radius 1 is 1.15 bits per heavy atom. The number of anilines is 2. The molecule has 0 radical (unpaired) electrons. The van der Waals surface area contributed by atoms with E-state index >= 15 is 0 Å². The molecule has 3 rings (SSSR count). The lowest BCUT2D eigenvalue weighted by Crippen LogP contribution is -2.39. The van der Waals surface area contributed by atoms with E-state index in [0.29, 0.717) is 6.54 Å². The summed E-state index contributed by atoms with van der Waals surface area (Å²) < 4.78 is 38.2. The third kappa shape index (κ3) is 4.58. The molecular weight excluding hydrogens is 359 g/mol. The standard InChI is InChI=1S/C19H18F3N3O2/c1-12-5-7-16(8-6-12)25-11-15(10-17(25)26)24-18(27)23-14-4-2-3-13(9-14)19(20,21)22/h2-9,15H,10-11H2,1H3,(H2,23,24,27). The third-order valence-corrected chi connectivity index (χ3v) is 4.25. The molecular formula is C19H18F3N3O2. The van der Waals surface area contributed by atoms with Gasteiger partial charge in [-0.15, -0.1) is 0 Å². The summed E-state index contributed by atoms with van der Waals surface area (Å²) in [6.45, 7) is 2.25. The smallest absolute Gasteiger partial charge is 0.333 e. The number of carbonyl (C=O) groups is 2. The zero-order chi connectivity index (χ0) is 19.6. The Balaban J connectivity index is 1.60. The number of amides is 3. The lowest BCUT2D eigenvalue weighted by molar-refractivity contribution is -0.137. The molecule has 1 atom stereocenters. The molecule has 142 valence electrons. The average Bonchev–Trinajstić information content (AvgIpc) is 2.95. The van der Waals surface area contributed by atoms with Crippen molar-refractivity contribution in [3.8, 4) is 0 Å². The molecule has 27 heavy (non-hydrogen) atoms. The summed E-state index contributed by atoms with van der Waals surface area (Å²) in [4.78, 5) is 25.9. The highest BCUT2D eigenvalue weighted by atomic mass is 19.4. The van der Waals surface area contributed by atoms with Gasteiger partial charge in [0.2, 0.25) is 5.91 Å². The lowest BCUT2D eigenvalue weighted by atomic mass is 10.2. The van der Waals surface area contributed by atoms with Gasteiger partial charge < -0.3 is 15.5 Å². The van der Waals surface area contributed by atoms with Crippen LogP contribution in [0.4, 0.5) is 29.3 Å². The zero-order valence-electron chi connectivity index (χ0n) is 14.5. The van der Waals surface area contributed by atoms with Crippen LogP contribution < -0.4 is 15.5 Å². The van der Waals surface area contributed by atoms with Gasteiger partial charge in [0.1, 0.15) is 0 Å². The highest BCUT2D eigenvalue weighted by Crippen LogP contribution is 2.30. The molecule has 1 fully saturated rings. The van der Waals surface area contributed by atoms with E-state index < -0.39 is 23.8 Å². The van der Waals surface area contributed by atoms with E-state index in [9.17, 15) is 22.8 Å². The Labute approximate surface area is 154 Å². The molecule has 0 spiro atoms. The number of nitrogens with one attached hydrogen (secondary N) is 2. The van der Waals surface area contributed by atoms with Crippen molar-refractivity contribution in [3.63, 3.8) is 0 Å². The number of benzene rings is 2. The van der Waals surface area contributed by atoms with Gasteiger partial charge in [-0.1, -0.05) is 23.8 Å². The minimum atomic E-state index is -4.49. The average molecular weight is 377 g/mol. The number of halogens is 3.